The second-order valence-corrected chi connectivity index (χ2v) is 8.82. The van der Waals surface area contributed by atoms with E-state index in [2.05, 4.69) is 39.1 Å². The number of hydrogen-bond acceptors (Lipinski definition) is 5. The lowest BCUT2D eigenvalue weighted by Crippen LogP contribution is -2.62. The Bertz CT molecular complexity index is 499. The molecule has 0 aromatic heterocycles. The smallest absolute Gasteiger partial charge is 0.237 e. The highest BCUT2D eigenvalue weighted by Crippen LogP contribution is 2.31. The number of guanidine groups is 1. The molecule has 7 nitrogen and oxygen atoms in total. The van der Waals surface area contributed by atoms with Gasteiger partial charge in [-0.1, -0.05) is 0 Å². The summed E-state index contributed by atoms with van der Waals surface area (Å²) >= 11 is 2.02. The van der Waals surface area contributed by atoms with Crippen molar-refractivity contribution in [2.75, 3.05) is 65.4 Å². The van der Waals surface area contributed by atoms with Gasteiger partial charge in [0.15, 0.2) is 5.96 Å². The van der Waals surface area contributed by atoms with Crippen molar-refractivity contribution < 1.29 is 4.79 Å². The fraction of sp³-hybridized carbons (Fsp3) is 0.882. The van der Waals surface area contributed by atoms with Gasteiger partial charge in [-0.2, -0.15) is 11.8 Å². The van der Waals surface area contributed by atoms with Crippen molar-refractivity contribution in [3.05, 3.63) is 0 Å². The number of rotatable bonds is 5. The molecule has 0 aliphatic carbocycles. The van der Waals surface area contributed by atoms with E-state index in [1.165, 1.54) is 12.2 Å². The molecule has 2 aliphatic rings. The van der Waals surface area contributed by atoms with Gasteiger partial charge in [-0.05, 0) is 40.1 Å². The summed E-state index contributed by atoms with van der Waals surface area (Å²) < 4.78 is 0. The first-order valence-corrected chi connectivity index (χ1v) is 10.1. The maximum Gasteiger partial charge on any atom is 0.237 e. The third kappa shape index (κ3) is 5.17. The second-order valence-electron chi connectivity index (χ2n) is 7.72. The van der Waals surface area contributed by atoms with Gasteiger partial charge in [0.1, 0.15) is 0 Å². The molecule has 2 aliphatic heterocycles. The fourth-order valence-corrected chi connectivity index (χ4v) is 5.01. The average Bonchev–Trinajstić information content (AvgIpc) is 3.06. The van der Waals surface area contributed by atoms with Crippen LogP contribution in [0.5, 0.6) is 0 Å². The number of amides is 1. The summed E-state index contributed by atoms with van der Waals surface area (Å²) in [6, 6.07) is 0. The van der Waals surface area contributed by atoms with Crippen molar-refractivity contribution in [1.82, 2.24) is 20.0 Å². The zero-order valence-corrected chi connectivity index (χ0v) is 19.9. The SMILES string of the molecule is CN=C(NCC1(N(C)C)CCSC1)N1CCN(C(C)(C)C(N)=O)CC1.I. The number of likely N-dealkylation sites (N-methyl/N-ethyl adjacent to an activating group) is 1. The first-order valence-electron chi connectivity index (χ1n) is 8.99. The summed E-state index contributed by atoms with van der Waals surface area (Å²) in [5.41, 5.74) is 5.15. The number of hydrogen-bond donors (Lipinski definition) is 2. The summed E-state index contributed by atoms with van der Waals surface area (Å²) in [5.74, 6) is 3.06. The number of carbonyl (C=O) groups excluding carboxylic acids is 1. The van der Waals surface area contributed by atoms with Gasteiger partial charge in [-0.25, -0.2) is 0 Å². The summed E-state index contributed by atoms with van der Waals surface area (Å²) in [6.07, 6.45) is 1.20. The molecule has 2 heterocycles. The van der Waals surface area contributed by atoms with E-state index < -0.39 is 5.54 Å². The fourth-order valence-electron chi connectivity index (χ4n) is 3.46. The van der Waals surface area contributed by atoms with Crippen molar-refractivity contribution in [2.45, 2.75) is 31.3 Å². The van der Waals surface area contributed by atoms with E-state index in [0.29, 0.717) is 0 Å². The number of nitrogens with zero attached hydrogens (tertiary/aromatic N) is 4. The number of nitrogens with two attached hydrogens (primary N) is 1. The summed E-state index contributed by atoms with van der Waals surface area (Å²) in [6.45, 7) is 8.02. The van der Waals surface area contributed by atoms with E-state index in [4.69, 9.17) is 5.73 Å². The standard InChI is InChI=1S/C17H34N6OS.HI/c1-16(2,14(18)24)23-9-7-22(8-10-23)15(19-3)20-12-17(21(4)5)6-11-25-13-17;/h6-13H2,1-5H3,(H2,18,24)(H,19,20);1H. The van der Waals surface area contributed by atoms with Gasteiger partial charge in [0.25, 0.3) is 0 Å². The van der Waals surface area contributed by atoms with Crippen molar-refractivity contribution in [2.24, 2.45) is 10.7 Å². The molecular weight excluding hydrogens is 463 g/mol. The number of aliphatic imine (C=N–C) groups is 1. The van der Waals surface area contributed by atoms with E-state index in [-0.39, 0.29) is 35.4 Å². The number of halogens is 1. The van der Waals surface area contributed by atoms with Gasteiger partial charge >= 0.3 is 0 Å². The van der Waals surface area contributed by atoms with Crippen LogP contribution >= 0.6 is 35.7 Å². The Hall–Kier alpha value is -0.260. The Morgan fingerprint density at radius 3 is 2.35 bits per heavy atom. The maximum atomic E-state index is 11.7. The van der Waals surface area contributed by atoms with Crippen LogP contribution in [0, 0.1) is 0 Å². The first kappa shape index (κ1) is 23.8. The van der Waals surface area contributed by atoms with Gasteiger partial charge in [0, 0.05) is 51.1 Å². The van der Waals surface area contributed by atoms with Crippen LogP contribution in [0.1, 0.15) is 20.3 Å². The van der Waals surface area contributed by atoms with Crippen LogP contribution in [0.25, 0.3) is 0 Å². The summed E-state index contributed by atoms with van der Waals surface area (Å²) in [4.78, 5) is 22.9. The minimum absolute atomic E-state index is 0. The van der Waals surface area contributed by atoms with Gasteiger partial charge < -0.3 is 20.9 Å². The Labute approximate surface area is 179 Å². The van der Waals surface area contributed by atoms with Crippen LogP contribution in [-0.4, -0.2) is 103 Å². The third-order valence-corrected chi connectivity index (χ3v) is 7.03. The molecule has 2 rings (SSSR count). The molecule has 0 aromatic rings. The van der Waals surface area contributed by atoms with Crippen LogP contribution in [0.4, 0.5) is 0 Å². The van der Waals surface area contributed by atoms with E-state index in [1.54, 1.807) is 0 Å². The quantitative estimate of drug-likeness (QED) is 0.327. The molecule has 0 aromatic carbocycles. The van der Waals surface area contributed by atoms with Crippen LogP contribution in [0.15, 0.2) is 4.99 Å². The monoisotopic (exact) mass is 498 g/mol. The van der Waals surface area contributed by atoms with Crippen LogP contribution < -0.4 is 11.1 Å². The number of thioether (sulfide) groups is 1. The van der Waals surface area contributed by atoms with E-state index in [1.807, 2.05) is 32.7 Å². The zero-order valence-electron chi connectivity index (χ0n) is 16.7. The topological polar surface area (TPSA) is 77.2 Å². The molecule has 26 heavy (non-hydrogen) atoms. The van der Waals surface area contributed by atoms with Crippen LogP contribution in [0.2, 0.25) is 0 Å². The van der Waals surface area contributed by atoms with E-state index >= 15 is 0 Å². The normalized spacial score (nSPS) is 25.3. The van der Waals surface area contributed by atoms with Gasteiger partial charge in [0.2, 0.25) is 5.91 Å². The number of piperazine rings is 1. The number of primary amides is 1. The Morgan fingerprint density at radius 1 is 1.31 bits per heavy atom. The summed E-state index contributed by atoms with van der Waals surface area (Å²) in [7, 11) is 6.18. The molecule has 2 saturated heterocycles. The Morgan fingerprint density at radius 2 is 1.92 bits per heavy atom. The zero-order chi connectivity index (χ0) is 18.7. The van der Waals surface area contributed by atoms with Gasteiger partial charge in [0.05, 0.1) is 5.54 Å². The van der Waals surface area contributed by atoms with Gasteiger partial charge in [-0.15, -0.1) is 24.0 Å². The first-order chi connectivity index (χ1) is 11.7. The number of carbonyl (C=O) groups is 1. The van der Waals surface area contributed by atoms with Crippen LogP contribution in [-0.2, 0) is 4.79 Å². The molecule has 152 valence electrons. The van der Waals surface area contributed by atoms with E-state index in [9.17, 15) is 4.79 Å². The van der Waals surface area contributed by atoms with E-state index in [0.717, 1.165) is 44.4 Å². The van der Waals surface area contributed by atoms with Crippen LogP contribution in [0.3, 0.4) is 0 Å². The lowest BCUT2D eigenvalue weighted by atomic mass is 9.97. The molecule has 0 bridgehead atoms. The van der Waals surface area contributed by atoms with Crippen molar-refractivity contribution in [3.8, 4) is 0 Å². The molecule has 2 fully saturated rings. The molecular formula is C17H35IN6OS. The molecule has 1 amide bonds. The molecule has 9 heteroatoms. The molecule has 0 saturated carbocycles. The van der Waals surface area contributed by atoms with Crippen molar-refractivity contribution >= 4 is 47.6 Å². The Balaban J connectivity index is 0.00000338. The van der Waals surface area contributed by atoms with Crippen molar-refractivity contribution in [1.29, 1.82) is 0 Å². The molecule has 3 N–H and O–H groups in total. The molecule has 0 radical (unpaired) electrons. The largest absolute Gasteiger partial charge is 0.368 e. The molecule has 1 unspecified atom stereocenters. The summed E-state index contributed by atoms with van der Waals surface area (Å²) in [5, 5.41) is 3.59. The second kappa shape index (κ2) is 9.79. The predicted molar refractivity (Wildman–Crippen MR) is 122 cm³/mol. The predicted octanol–water partition coefficient (Wildman–Crippen LogP) is 0.499. The highest BCUT2D eigenvalue weighted by atomic mass is 127. The van der Waals surface area contributed by atoms with Crippen molar-refractivity contribution in [3.63, 3.8) is 0 Å². The maximum absolute atomic E-state index is 11.7. The Kier molecular flexibility index (Phi) is 8.95. The third-order valence-electron chi connectivity index (χ3n) is 5.79. The minimum Gasteiger partial charge on any atom is -0.368 e. The highest BCUT2D eigenvalue weighted by Gasteiger charge is 2.38. The minimum atomic E-state index is -0.598. The molecule has 1 atom stereocenters. The lowest BCUT2D eigenvalue weighted by molar-refractivity contribution is -0.129. The highest BCUT2D eigenvalue weighted by molar-refractivity contribution is 14.0. The lowest BCUT2D eigenvalue weighted by Gasteiger charge is -2.43. The molecule has 0 spiro atoms. The number of nitrogens with one attached hydrogen (secondary N) is 1. The van der Waals surface area contributed by atoms with Gasteiger partial charge in [-0.3, -0.25) is 14.7 Å². The average molecular weight is 498 g/mol.